The molecule has 218 valence electrons. The number of aromatic amines is 1. The van der Waals surface area contributed by atoms with Crippen LogP contribution in [0.1, 0.15) is 62.2 Å². The van der Waals surface area contributed by atoms with Gasteiger partial charge >= 0.3 is 0 Å². The minimum Gasteiger partial charge on any atom is -0.396 e. The Kier molecular flexibility index (Phi) is 7.38. The number of H-pyrrole nitrogens is 1. The molecule has 5 aromatic rings. The van der Waals surface area contributed by atoms with Crippen molar-refractivity contribution in [2.24, 2.45) is 5.92 Å². The summed E-state index contributed by atoms with van der Waals surface area (Å²) in [4.78, 5) is 15.1. The lowest BCUT2D eigenvalue weighted by molar-refractivity contribution is 0.0871. The molecule has 42 heavy (non-hydrogen) atoms. The molecule has 4 heterocycles. The van der Waals surface area contributed by atoms with Crippen molar-refractivity contribution >= 4 is 27.8 Å². The van der Waals surface area contributed by atoms with Crippen LogP contribution in [0.15, 0.2) is 54.9 Å². The third-order valence-electron chi connectivity index (χ3n) is 9.52. The molecule has 3 aromatic heterocycles. The predicted molar refractivity (Wildman–Crippen MR) is 164 cm³/mol. The molecule has 7 rings (SSSR count). The second-order valence-corrected chi connectivity index (χ2v) is 12.1. The SMILES string of the molecule is Nc1ncnc2c1c(-c1ccc3[nH]c(Cc4ccccc4F)cc3c1)nn2C1CCC(N2CCC(CCO)CC2)CC1. The third-order valence-corrected chi connectivity index (χ3v) is 9.52. The highest BCUT2D eigenvalue weighted by Gasteiger charge is 2.31. The van der Waals surface area contributed by atoms with E-state index >= 15 is 0 Å². The van der Waals surface area contributed by atoms with Gasteiger partial charge in [0.15, 0.2) is 5.65 Å². The summed E-state index contributed by atoms with van der Waals surface area (Å²) in [5.74, 6) is 0.918. The minimum atomic E-state index is -0.194. The number of hydrogen-bond donors (Lipinski definition) is 3. The first-order chi connectivity index (χ1) is 20.6. The van der Waals surface area contributed by atoms with Crippen molar-refractivity contribution in [3.05, 3.63) is 71.9 Å². The number of benzene rings is 2. The van der Waals surface area contributed by atoms with Crippen LogP contribution in [0.5, 0.6) is 0 Å². The summed E-state index contributed by atoms with van der Waals surface area (Å²) in [6.07, 6.45) is 9.76. The van der Waals surface area contributed by atoms with E-state index in [2.05, 4.69) is 48.8 Å². The predicted octanol–water partition coefficient (Wildman–Crippen LogP) is 5.86. The first-order valence-electron chi connectivity index (χ1n) is 15.3. The number of aliphatic hydroxyl groups excluding tert-OH is 1. The molecule has 8 nitrogen and oxygen atoms in total. The van der Waals surface area contributed by atoms with E-state index in [1.54, 1.807) is 6.07 Å². The topological polar surface area (TPSA) is 109 Å². The molecule has 1 aliphatic carbocycles. The van der Waals surface area contributed by atoms with E-state index in [9.17, 15) is 9.50 Å². The fraction of sp³-hybridized carbons (Fsp3) is 0.424. The molecule has 4 N–H and O–H groups in total. The number of aromatic nitrogens is 5. The second kappa shape index (κ2) is 11.5. The number of piperidine rings is 1. The number of nitrogens with one attached hydrogen (secondary N) is 1. The highest BCUT2D eigenvalue weighted by Crippen LogP contribution is 2.38. The molecule has 2 aromatic carbocycles. The van der Waals surface area contributed by atoms with Crippen molar-refractivity contribution in [1.82, 2.24) is 29.6 Å². The molecular weight excluding hydrogens is 529 g/mol. The molecule has 1 aliphatic heterocycles. The van der Waals surface area contributed by atoms with E-state index in [-0.39, 0.29) is 11.9 Å². The fourth-order valence-electron chi connectivity index (χ4n) is 7.19. The Bertz CT molecular complexity index is 1700. The minimum absolute atomic E-state index is 0.194. The van der Waals surface area contributed by atoms with Crippen LogP contribution in [-0.4, -0.2) is 60.5 Å². The number of hydrogen-bond acceptors (Lipinski definition) is 6. The van der Waals surface area contributed by atoms with Crippen LogP contribution >= 0.6 is 0 Å². The number of nitrogen functional groups attached to an aromatic ring is 1. The molecule has 0 atom stereocenters. The van der Waals surface area contributed by atoms with Gasteiger partial charge in [0.25, 0.3) is 0 Å². The van der Waals surface area contributed by atoms with Gasteiger partial charge in [0.2, 0.25) is 0 Å². The molecular formula is C33H38FN7O. The summed E-state index contributed by atoms with van der Waals surface area (Å²) in [6, 6.07) is 16.1. The van der Waals surface area contributed by atoms with E-state index in [4.69, 9.17) is 10.8 Å². The van der Waals surface area contributed by atoms with E-state index in [0.717, 1.165) is 84.1 Å². The fourth-order valence-corrected chi connectivity index (χ4v) is 7.19. The van der Waals surface area contributed by atoms with Gasteiger partial charge in [-0.05, 0) is 93.8 Å². The Labute approximate surface area is 244 Å². The Morgan fingerprint density at radius 1 is 0.952 bits per heavy atom. The van der Waals surface area contributed by atoms with Crippen molar-refractivity contribution in [3.63, 3.8) is 0 Å². The van der Waals surface area contributed by atoms with Crippen LogP contribution in [0.4, 0.5) is 10.2 Å². The van der Waals surface area contributed by atoms with Gasteiger partial charge in [-0.1, -0.05) is 24.3 Å². The third kappa shape index (κ3) is 5.16. The zero-order chi connectivity index (χ0) is 28.6. The molecule has 1 saturated carbocycles. The molecule has 0 amide bonds. The van der Waals surface area contributed by atoms with E-state index in [0.29, 0.717) is 36.4 Å². The summed E-state index contributed by atoms with van der Waals surface area (Å²) >= 11 is 0. The number of nitrogens with two attached hydrogens (primary N) is 1. The van der Waals surface area contributed by atoms with Gasteiger partial charge in [-0.3, -0.25) is 0 Å². The molecule has 9 heteroatoms. The molecule has 1 saturated heterocycles. The highest BCUT2D eigenvalue weighted by atomic mass is 19.1. The number of halogens is 1. The highest BCUT2D eigenvalue weighted by molar-refractivity contribution is 6.00. The van der Waals surface area contributed by atoms with Crippen LogP contribution in [0, 0.1) is 11.7 Å². The lowest BCUT2D eigenvalue weighted by Crippen LogP contribution is -2.43. The molecule has 2 fully saturated rings. The Hall–Kier alpha value is -3.82. The van der Waals surface area contributed by atoms with Gasteiger partial charge in [-0.15, -0.1) is 0 Å². The summed E-state index contributed by atoms with van der Waals surface area (Å²) < 4.78 is 16.4. The smallest absolute Gasteiger partial charge is 0.164 e. The summed E-state index contributed by atoms with van der Waals surface area (Å²) in [6.45, 7) is 2.59. The Morgan fingerprint density at radius 3 is 2.52 bits per heavy atom. The maximum absolute atomic E-state index is 14.3. The average Bonchev–Trinajstić information content (AvgIpc) is 3.61. The van der Waals surface area contributed by atoms with E-state index < -0.39 is 0 Å². The first-order valence-corrected chi connectivity index (χ1v) is 15.3. The normalized spacial score (nSPS) is 20.5. The van der Waals surface area contributed by atoms with Gasteiger partial charge < -0.3 is 20.7 Å². The van der Waals surface area contributed by atoms with Gasteiger partial charge in [0, 0.05) is 41.2 Å². The number of anilines is 1. The van der Waals surface area contributed by atoms with Crippen molar-refractivity contribution in [1.29, 1.82) is 0 Å². The van der Waals surface area contributed by atoms with Crippen molar-refractivity contribution in [3.8, 4) is 11.3 Å². The number of fused-ring (bicyclic) bond motifs is 2. The van der Waals surface area contributed by atoms with Crippen molar-refractivity contribution in [2.45, 2.75) is 63.5 Å². The molecule has 0 unspecified atom stereocenters. The summed E-state index contributed by atoms with van der Waals surface area (Å²) in [5, 5.41) is 16.3. The quantitative estimate of drug-likeness (QED) is 0.227. The zero-order valence-corrected chi connectivity index (χ0v) is 23.8. The maximum atomic E-state index is 14.3. The van der Waals surface area contributed by atoms with Gasteiger partial charge in [-0.25, -0.2) is 19.0 Å². The molecule has 0 spiro atoms. The summed E-state index contributed by atoms with van der Waals surface area (Å²) in [5.41, 5.74) is 11.6. The number of aliphatic hydroxyl groups is 1. The lowest BCUT2D eigenvalue weighted by Gasteiger charge is -2.40. The standard InChI is InChI=1S/C33H38FN7O/c34-28-4-2-1-3-22(28)18-25-19-24-17-23(5-10-29(24)38-25)31-30-32(35)36-20-37-33(30)41(39-31)27-8-6-26(7-9-27)40-14-11-21(12-15-40)13-16-42/h1-5,10,17,19-21,26-27,38,42H,6-9,11-16,18H2,(H2,35,36,37). The van der Waals surface area contributed by atoms with Crippen LogP contribution < -0.4 is 5.73 Å². The summed E-state index contributed by atoms with van der Waals surface area (Å²) in [7, 11) is 0. The Morgan fingerprint density at radius 2 is 1.74 bits per heavy atom. The van der Waals surface area contributed by atoms with Crippen LogP contribution in [0.25, 0.3) is 33.2 Å². The monoisotopic (exact) mass is 567 g/mol. The van der Waals surface area contributed by atoms with Gasteiger partial charge in [0.1, 0.15) is 23.7 Å². The van der Waals surface area contributed by atoms with Crippen LogP contribution in [0.3, 0.4) is 0 Å². The number of likely N-dealkylation sites (tertiary alicyclic amines) is 1. The zero-order valence-electron chi connectivity index (χ0n) is 23.8. The molecule has 0 bridgehead atoms. The van der Waals surface area contributed by atoms with Crippen molar-refractivity contribution < 1.29 is 9.50 Å². The second-order valence-electron chi connectivity index (χ2n) is 12.1. The average molecular weight is 568 g/mol. The largest absolute Gasteiger partial charge is 0.396 e. The van der Waals surface area contributed by atoms with E-state index in [1.165, 1.54) is 25.2 Å². The maximum Gasteiger partial charge on any atom is 0.164 e. The number of nitrogens with zero attached hydrogens (tertiary/aromatic N) is 5. The lowest BCUT2D eigenvalue weighted by atomic mass is 9.87. The van der Waals surface area contributed by atoms with Crippen molar-refractivity contribution in [2.75, 3.05) is 25.4 Å². The van der Waals surface area contributed by atoms with Gasteiger partial charge in [0.05, 0.1) is 11.4 Å². The van der Waals surface area contributed by atoms with E-state index in [1.807, 2.05) is 12.1 Å². The first kappa shape index (κ1) is 27.0. The molecule has 2 aliphatic rings. The number of rotatable bonds is 7. The molecule has 0 radical (unpaired) electrons. The van der Waals surface area contributed by atoms with Crippen LogP contribution in [-0.2, 0) is 6.42 Å². The van der Waals surface area contributed by atoms with Crippen LogP contribution in [0.2, 0.25) is 0 Å². The Balaban J connectivity index is 1.13. The van der Waals surface area contributed by atoms with Gasteiger partial charge in [-0.2, -0.15) is 5.10 Å².